The van der Waals surface area contributed by atoms with E-state index in [0.29, 0.717) is 17.2 Å². The number of carbonyl (C=O) groups is 2. The molecule has 0 aliphatic rings. The van der Waals surface area contributed by atoms with Crippen LogP contribution in [0.25, 0.3) is 0 Å². The summed E-state index contributed by atoms with van der Waals surface area (Å²) in [4.78, 5) is 24.4. The van der Waals surface area contributed by atoms with Gasteiger partial charge in [0.2, 0.25) is 0 Å². The van der Waals surface area contributed by atoms with E-state index in [2.05, 4.69) is 5.32 Å². The van der Waals surface area contributed by atoms with E-state index >= 15 is 0 Å². The minimum Gasteiger partial charge on any atom is -0.496 e. The molecule has 0 unspecified atom stereocenters. The fraction of sp³-hybridized carbons (Fsp3) is 0.222. The van der Waals surface area contributed by atoms with Gasteiger partial charge in [-0.05, 0) is 37.3 Å². The molecule has 0 radical (unpaired) electrons. The number of halogens is 1. The average molecular weight is 364 g/mol. The molecule has 132 valence electrons. The first-order chi connectivity index (χ1) is 12.0. The molecule has 0 aliphatic heterocycles. The van der Waals surface area contributed by atoms with Crippen molar-refractivity contribution in [3.05, 3.63) is 52.5 Å². The van der Waals surface area contributed by atoms with Gasteiger partial charge in [-0.1, -0.05) is 17.7 Å². The quantitative estimate of drug-likeness (QED) is 0.790. The number of benzene rings is 2. The van der Waals surface area contributed by atoms with E-state index in [1.807, 2.05) is 0 Å². The Kier molecular flexibility index (Phi) is 6.25. The number of carbonyl (C=O) groups excluding carboxylic acids is 2. The van der Waals surface area contributed by atoms with Crippen molar-refractivity contribution in [2.45, 2.75) is 6.92 Å². The predicted molar refractivity (Wildman–Crippen MR) is 94.9 cm³/mol. The van der Waals surface area contributed by atoms with E-state index in [9.17, 15) is 9.59 Å². The van der Waals surface area contributed by atoms with E-state index in [-0.39, 0.29) is 22.8 Å². The van der Waals surface area contributed by atoms with Crippen LogP contribution in [0.4, 0.5) is 5.69 Å². The lowest BCUT2D eigenvalue weighted by atomic mass is 10.1. The monoisotopic (exact) mass is 363 g/mol. The number of esters is 1. The maximum atomic E-state index is 12.6. The minimum atomic E-state index is -0.517. The maximum absolute atomic E-state index is 12.6. The van der Waals surface area contributed by atoms with Crippen molar-refractivity contribution < 1.29 is 23.8 Å². The Morgan fingerprint density at radius 2 is 1.72 bits per heavy atom. The van der Waals surface area contributed by atoms with Gasteiger partial charge in [0.1, 0.15) is 17.1 Å². The molecule has 0 aliphatic carbocycles. The van der Waals surface area contributed by atoms with Gasteiger partial charge in [-0.3, -0.25) is 4.79 Å². The van der Waals surface area contributed by atoms with Gasteiger partial charge in [0.25, 0.3) is 5.91 Å². The topological polar surface area (TPSA) is 73.9 Å². The van der Waals surface area contributed by atoms with E-state index < -0.39 is 11.9 Å². The molecule has 0 atom stereocenters. The highest BCUT2D eigenvalue weighted by atomic mass is 35.5. The molecular formula is C18H18ClNO5. The van der Waals surface area contributed by atoms with E-state index in [1.54, 1.807) is 31.2 Å². The minimum absolute atomic E-state index is 0.184. The number of ether oxygens (including phenoxy) is 3. The van der Waals surface area contributed by atoms with Gasteiger partial charge < -0.3 is 19.5 Å². The smallest absolute Gasteiger partial charge is 0.339 e. The van der Waals surface area contributed by atoms with Crippen LogP contribution in [0.5, 0.6) is 11.5 Å². The summed E-state index contributed by atoms with van der Waals surface area (Å²) >= 11 is 6.11. The number of methoxy groups -OCH3 is 2. The summed E-state index contributed by atoms with van der Waals surface area (Å²) in [5.41, 5.74) is 0.922. The first-order valence-electron chi connectivity index (χ1n) is 7.50. The second-order valence-electron chi connectivity index (χ2n) is 4.91. The van der Waals surface area contributed by atoms with E-state index in [0.717, 1.165) is 0 Å². The fourth-order valence-electron chi connectivity index (χ4n) is 2.24. The molecule has 2 aromatic rings. The lowest BCUT2D eigenvalue weighted by molar-refractivity contribution is 0.0526. The third-order valence-electron chi connectivity index (χ3n) is 3.38. The zero-order valence-corrected chi connectivity index (χ0v) is 14.8. The molecule has 1 N–H and O–H groups in total. The summed E-state index contributed by atoms with van der Waals surface area (Å²) in [5, 5.41) is 2.89. The summed E-state index contributed by atoms with van der Waals surface area (Å²) in [6, 6.07) is 9.59. The second kappa shape index (κ2) is 8.39. The number of hydrogen-bond acceptors (Lipinski definition) is 5. The Labute approximate surface area is 150 Å². The molecule has 0 spiro atoms. The van der Waals surface area contributed by atoms with Gasteiger partial charge in [0, 0.05) is 5.69 Å². The highest BCUT2D eigenvalue weighted by Crippen LogP contribution is 2.29. The van der Waals surface area contributed by atoms with Crippen molar-refractivity contribution >= 4 is 29.2 Å². The Morgan fingerprint density at radius 1 is 1.08 bits per heavy atom. The molecule has 0 fully saturated rings. The average Bonchev–Trinajstić information content (AvgIpc) is 2.61. The molecule has 0 bridgehead atoms. The highest BCUT2D eigenvalue weighted by Gasteiger charge is 2.19. The van der Waals surface area contributed by atoms with Crippen LogP contribution in [0, 0.1) is 0 Å². The molecule has 2 rings (SSSR count). The van der Waals surface area contributed by atoms with Crippen LogP contribution < -0.4 is 14.8 Å². The molecule has 25 heavy (non-hydrogen) atoms. The van der Waals surface area contributed by atoms with Gasteiger partial charge in [-0.25, -0.2) is 4.79 Å². The zero-order chi connectivity index (χ0) is 18.4. The number of rotatable bonds is 6. The van der Waals surface area contributed by atoms with Crippen LogP contribution in [-0.2, 0) is 4.74 Å². The third-order valence-corrected chi connectivity index (χ3v) is 3.69. The number of anilines is 1. The molecule has 0 heterocycles. The fourth-order valence-corrected chi connectivity index (χ4v) is 2.49. The Bertz CT molecular complexity index is 769. The molecule has 7 heteroatoms. The Hall–Kier alpha value is -2.73. The summed E-state index contributed by atoms with van der Waals surface area (Å²) in [5.74, 6) is -0.178. The van der Waals surface area contributed by atoms with Crippen molar-refractivity contribution in [2.24, 2.45) is 0 Å². The van der Waals surface area contributed by atoms with Gasteiger partial charge in [-0.15, -0.1) is 0 Å². The summed E-state index contributed by atoms with van der Waals surface area (Å²) in [6.45, 7) is 1.96. The van der Waals surface area contributed by atoms with Crippen LogP contribution >= 0.6 is 11.6 Å². The van der Waals surface area contributed by atoms with Crippen LogP contribution in [-0.4, -0.2) is 32.7 Å². The summed E-state index contributed by atoms with van der Waals surface area (Å²) in [7, 11) is 2.94. The summed E-state index contributed by atoms with van der Waals surface area (Å²) < 4.78 is 15.4. The SMILES string of the molecule is CCOC(=O)c1ccc(NC(=O)c2c(OC)cccc2OC)cc1Cl. The van der Waals surface area contributed by atoms with Gasteiger partial charge >= 0.3 is 5.97 Å². The van der Waals surface area contributed by atoms with Crippen molar-refractivity contribution in [2.75, 3.05) is 26.1 Å². The summed E-state index contributed by atoms with van der Waals surface area (Å²) in [6.07, 6.45) is 0. The number of nitrogens with one attached hydrogen (secondary N) is 1. The maximum Gasteiger partial charge on any atom is 0.339 e. The lowest BCUT2D eigenvalue weighted by Gasteiger charge is -2.13. The first kappa shape index (κ1) is 18.6. The number of amides is 1. The van der Waals surface area contributed by atoms with E-state index in [1.165, 1.54) is 26.4 Å². The van der Waals surface area contributed by atoms with Crippen molar-refractivity contribution in [3.8, 4) is 11.5 Å². The highest BCUT2D eigenvalue weighted by molar-refractivity contribution is 6.34. The second-order valence-corrected chi connectivity index (χ2v) is 5.31. The van der Waals surface area contributed by atoms with Gasteiger partial charge in [0.15, 0.2) is 0 Å². The Balaban J connectivity index is 2.27. The zero-order valence-electron chi connectivity index (χ0n) is 14.1. The van der Waals surface area contributed by atoms with Gasteiger partial charge in [0.05, 0.1) is 31.4 Å². The molecular weight excluding hydrogens is 346 g/mol. The largest absolute Gasteiger partial charge is 0.496 e. The van der Waals surface area contributed by atoms with Crippen LogP contribution in [0.1, 0.15) is 27.6 Å². The molecule has 6 nitrogen and oxygen atoms in total. The van der Waals surface area contributed by atoms with Crippen molar-refractivity contribution in [1.82, 2.24) is 0 Å². The molecule has 2 aromatic carbocycles. The molecule has 1 amide bonds. The van der Waals surface area contributed by atoms with E-state index in [4.69, 9.17) is 25.8 Å². The standard InChI is InChI=1S/C18H18ClNO5/c1-4-25-18(22)12-9-8-11(10-13(12)19)20-17(21)16-14(23-2)6-5-7-15(16)24-3/h5-10H,4H2,1-3H3,(H,20,21). The predicted octanol–water partition coefficient (Wildman–Crippen LogP) is 3.79. The molecule has 0 saturated heterocycles. The van der Waals surface area contributed by atoms with Gasteiger partial charge in [-0.2, -0.15) is 0 Å². The molecule has 0 aromatic heterocycles. The number of hydrogen-bond donors (Lipinski definition) is 1. The Morgan fingerprint density at radius 3 is 2.24 bits per heavy atom. The first-order valence-corrected chi connectivity index (χ1v) is 7.88. The van der Waals surface area contributed by atoms with Crippen molar-refractivity contribution in [1.29, 1.82) is 0 Å². The molecule has 0 saturated carbocycles. The van der Waals surface area contributed by atoms with Crippen LogP contribution in [0.2, 0.25) is 5.02 Å². The van der Waals surface area contributed by atoms with Crippen LogP contribution in [0.15, 0.2) is 36.4 Å². The third kappa shape index (κ3) is 4.22. The normalized spacial score (nSPS) is 10.1. The van der Waals surface area contributed by atoms with Crippen LogP contribution in [0.3, 0.4) is 0 Å². The lowest BCUT2D eigenvalue weighted by Crippen LogP contribution is -2.15. The van der Waals surface area contributed by atoms with Crippen molar-refractivity contribution in [3.63, 3.8) is 0 Å².